The molecule has 4 aromatic rings. The summed E-state index contributed by atoms with van der Waals surface area (Å²) in [7, 11) is 2.19. The molecule has 0 N–H and O–H groups in total. The van der Waals surface area contributed by atoms with Crippen molar-refractivity contribution in [1.29, 1.82) is 0 Å². The smallest absolute Gasteiger partial charge is 0.134 e. The van der Waals surface area contributed by atoms with Crippen molar-refractivity contribution < 1.29 is 4.42 Å². The third kappa shape index (κ3) is 2.73. The van der Waals surface area contributed by atoms with E-state index in [4.69, 9.17) is 4.42 Å². The highest BCUT2D eigenvalue weighted by Gasteiger charge is 2.27. The lowest BCUT2D eigenvalue weighted by Gasteiger charge is -2.34. The van der Waals surface area contributed by atoms with Crippen LogP contribution in [-0.2, 0) is 6.54 Å². The monoisotopic (exact) mass is 355 g/mol. The van der Waals surface area contributed by atoms with Crippen LogP contribution in [0.5, 0.6) is 0 Å². The lowest BCUT2D eigenvalue weighted by molar-refractivity contribution is 0.294. The fourth-order valence-electron chi connectivity index (χ4n) is 4.28. The molecule has 0 aliphatic carbocycles. The van der Waals surface area contributed by atoms with Crippen molar-refractivity contribution in [3.8, 4) is 11.1 Å². The molecule has 3 heterocycles. The van der Waals surface area contributed by atoms with Crippen LogP contribution >= 0.6 is 0 Å². The molecule has 0 saturated carbocycles. The van der Waals surface area contributed by atoms with Gasteiger partial charge in [-0.2, -0.15) is 0 Å². The van der Waals surface area contributed by atoms with Gasteiger partial charge in [-0.3, -0.25) is 0 Å². The Morgan fingerprint density at radius 2 is 1.93 bits per heavy atom. The van der Waals surface area contributed by atoms with Crippen LogP contribution in [0.3, 0.4) is 0 Å². The Morgan fingerprint density at radius 1 is 1.07 bits per heavy atom. The number of nitrogens with zero attached hydrogens (tertiary/aromatic N) is 3. The van der Waals surface area contributed by atoms with Gasteiger partial charge in [0.2, 0.25) is 0 Å². The molecule has 1 atom stereocenters. The molecule has 0 fully saturated rings. The van der Waals surface area contributed by atoms with Crippen molar-refractivity contribution in [1.82, 2.24) is 14.9 Å². The van der Waals surface area contributed by atoms with Gasteiger partial charge in [0.15, 0.2) is 0 Å². The van der Waals surface area contributed by atoms with Gasteiger partial charge in [0.25, 0.3) is 0 Å². The molecule has 4 heteroatoms. The van der Waals surface area contributed by atoms with Crippen LogP contribution in [0.4, 0.5) is 0 Å². The average molecular weight is 355 g/mol. The van der Waals surface area contributed by atoms with Crippen molar-refractivity contribution in [2.75, 3.05) is 13.6 Å². The Hall–Kier alpha value is -2.98. The summed E-state index contributed by atoms with van der Waals surface area (Å²) in [5, 5.41) is 1.15. The second-order valence-electron chi connectivity index (χ2n) is 7.40. The molecular weight excluding hydrogens is 334 g/mol. The number of furan rings is 1. The molecule has 1 unspecified atom stereocenters. The summed E-state index contributed by atoms with van der Waals surface area (Å²) in [5.41, 5.74) is 8.69. The number of likely N-dealkylation sites (N-methyl/N-ethyl adjacent to an activating group) is 1. The fraction of sp³-hybridized carbons (Fsp3) is 0.217. The zero-order valence-corrected chi connectivity index (χ0v) is 15.5. The highest BCUT2D eigenvalue weighted by molar-refractivity contribution is 5.78. The van der Waals surface area contributed by atoms with E-state index in [0.717, 1.165) is 29.6 Å². The maximum absolute atomic E-state index is 5.64. The summed E-state index contributed by atoms with van der Waals surface area (Å²) in [4.78, 5) is 10.8. The Kier molecular flexibility index (Phi) is 3.80. The van der Waals surface area contributed by atoms with E-state index in [1.165, 1.54) is 27.8 Å². The molecule has 2 aromatic carbocycles. The summed E-state index contributed by atoms with van der Waals surface area (Å²) in [6.45, 7) is 4.18. The van der Waals surface area contributed by atoms with Gasteiger partial charge in [-0.1, -0.05) is 24.3 Å². The molecule has 1 aliphatic rings. The van der Waals surface area contributed by atoms with E-state index in [2.05, 4.69) is 59.2 Å². The first kappa shape index (κ1) is 16.2. The van der Waals surface area contributed by atoms with Gasteiger partial charge < -0.3 is 9.32 Å². The molecule has 2 aromatic heterocycles. The van der Waals surface area contributed by atoms with Crippen molar-refractivity contribution >= 4 is 11.0 Å². The van der Waals surface area contributed by atoms with Crippen LogP contribution in [0, 0.1) is 6.92 Å². The van der Waals surface area contributed by atoms with E-state index in [9.17, 15) is 0 Å². The topological polar surface area (TPSA) is 42.2 Å². The predicted octanol–water partition coefficient (Wildman–Crippen LogP) is 4.78. The number of benzene rings is 2. The molecule has 4 nitrogen and oxygen atoms in total. The Morgan fingerprint density at radius 3 is 2.78 bits per heavy atom. The minimum absolute atomic E-state index is 0.341. The van der Waals surface area contributed by atoms with Crippen molar-refractivity contribution in [3.05, 3.63) is 83.6 Å². The number of fused-ring (bicyclic) bond motifs is 2. The van der Waals surface area contributed by atoms with Crippen molar-refractivity contribution in [2.45, 2.75) is 19.4 Å². The Labute approximate surface area is 158 Å². The van der Waals surface area contributed by atoms with Gasteiger partial charge in [-0.05, 0) is 53.9 Å². The number of rotatable bonds is 2. The normalized spacial score (nSPS) is 17.2. The van der Waals surface area contributed by atoms with Gasteiger partial charge in [0.05, 0.1) is 6.26 Å². The first-order valence-corrected chi connectivity index (χ1v) is 9.24. The zero-order valence-electron chi connectivity index (χ0n) is 15.5. The molecule has 134 valence electrons. The van der Waals surface area contributed by atoms with Crippen LogP contribution in [0.2, 0.25) is 0 Å². The average Bonchev–Trinajstić information content (AvgIpc) is 3.17. The number of hydrogen-bond donors (Lipinski definition) is 0. The predicted molar refractivity (Wildman–Crippen MR) is 107 cm³/mol. The second kappa shape index (κ2) is 6.32. The van der Waals surface area contributed by atoms with Crippen LogP contribution < -0.4 is 0 Å². The summed E-state index contributed by atoms with van der Waals surface area (Å²) < 4.78 is 5.64. The lowest BCUT2D eigenvalue weighted by atomic mass is 9.81. The van der Waals surface area contributed by atoms with Crippen LogP contribution in [0.15, 0.2) is 65.8 Å². The molecule has 27 heavy (non-hydrogen) atoms. The van der Waals surface area contributed by atoms with Gasteiger partial charge in [-0.25, -0.2) is 9.97 Å². The third-order valence-corrected chi connectivity index (χ3v) is 5.69. The highest BCUT2D eigenvalue weighted by Crippen LogP contribution is 2.38. The zero-order chi connectivity index (χ0) is 18.4. The SMILES string of the molecule is Cc1c(-c2cncnc2)ccc2c1CN(C)CC2c1ccc2ccoc2c1. The van der Waals surface area contributed by atoms with Crippen molar-refractivity contribution in [2.24, 2.45) is 0 Å². The van der Waals surface area contributed by atoms with Crippen LogP contribution in [-0.4, -0.2) is 28.5 Å². The van der Waals surface area contributed by atoms with Gasteiger partial charge in [0.1, 0.15) is 11.9 Å². The summed E-state index contributed by atoms with van der Waals surface area (Å²) in [6.07, 6.45) is 7.10. The standard InChI is InChI=1S/C23H21N3O/c1-15-19(18-10-24-14-25-11-18)5-6-20-21(15)12-26(2)13-22(20)17-4-3-16-7-8-27-23(16)9-17/h3-11,14,22H,12-13H2,1-2H3. The lowest BCUT2D eigenvalue weighted by Crippen LogP contribution is -2.31. The fourth-order valence-corrected chi connectivity index (χ4v) is 4.28. The quantitative estimate of drug-likeness (QED) is 0.519. The number of aromatic nitrogens is 2. The highest BCUT2D eigenvalue weighted by atomic mass is 16.3. The molecule has 0 amide bonds. The van der Waals surface area contributed by atoms with E-state index in [-0.39, 0.29) is 0 Å². The number of hydrogen-bond acceptors (Lipinski definition) is 4. The van der Waals surface area contributed by atoms with E-state index in [1.807, 2.05) is 18.5 Å². The summed E-state index contributed by atoms with van der Waals surface area (Å²) in [5.74, 6) is 0.341. The maximum Gasteiger partial charge on any atom is 0.134 e. The molecule has 0 bridgehead atoms. The third-order valence-electron chi connectivity index (χ3n) is 5.69. The van der Waals surface area contributed by atoms with Crippen LogP contribution in [0.25, 0.3) is 22.1 Å². The van der Waals surface area contributed by atoms with Gasteiger partial charge in [-0.15, -0.1) is 0 Å². The van der Waals surface area contributed by atoms with E-state index < -0.39 is 0 Å². The molecule has 0 spiro atoms. The van der Waals surface area contributed by atoms with Crippen molar-refractivity contribution in [3.63, 3.8) is 0 Å². The summed E-state index contributed by atoms with van der Waals surface area (Å²) >= 11 is 0. The molecule has 5 rings (SSSR count). The minimum atomic E-state index is 0.341. The van der Waals surface area contributed by atoms with E-state index in [1.54, 1.807) is 12.6 Å². The first-order valence-electron chi connectivity index (χ1n) is 9.24. The molecule has 0 radical (unpaired) electrons. The first-order chi connectivity index (χ1) is 13.2. The molecule has 0 saturated heterocycles. The second-order valence-corrected chi connectivity index (χ2v) is 7.40. The molecular formula is C23H21N3O. The molecule has 1 aliphatic heterocycles. The van der Waals surface area contributed by atoms with E-state index in [0.29, 0.717) is 5.92 Å². The Balaban J connectivity index is 1.64. The minimum Gasteiger partial charge on any atom is -0.464 e. The summed E-state index contributed by atoms with van der Waals surface area (Å²) in [6, 6.07) is 13.1. The van der Waals surface area contributed by atoms with Crippen LogP contribution in [0.1, 0.15) is 28.2 Å². The largest absolute Gasteiger partial charge is 0.464 e. The Bertz CT molecular complexity index is 1120. The maximum atomic E-state index is 5.64. The van der Waals surface area contributed by atoms with Gasteiger partial charge >= 0.3 is 0 Å². The van der Waals surface area contributed by atoms with Gasteiger partial charge in [0, 0.05) is 42.4 Å². The van der Waals surface area contributed by atoms with E-state index >= 15 is 0 Å².